The van der Waals surface area contributed by atoms with Crippen molar-refractivity contribution in [2.24, 2.45) is 5.92 Å². The highest BCUT2D eigenvalue weighted by Crippen LogP contribution is 2.19. The van der Waals surface area contributed by atoms with Crippen LogP contribution in [-0.4, -0.2) is 93.0 Å². The van der Waals surface area contributed by atoms with E-state index in [0.29, 0.717) is 26.4 Å². The third-order valence-electron chi connectivity index (χ3n) is 4.15. The molecule has 2 atom stereocenters. The van der Waals surface area contributed by atoms with Gasteiger partial charge in [-0.05, 0) is 12.8 Å². The highest BCUT2D eigenvalue weighted by molar-refractivity contribution is 7.88. The number of morpholine rings is 1. The summed E-state index contributed by atoms with van der Waals surface area (Å²) in [5.41, 5.74) is 0. The van der Waals surface area contributed by atoms with E-state index in [1.165, 1.54) is 0 Å². The van der Waals surface area contributed by atoms with Gasteiger partial charge < -0.3 is 19.5 Å². The number of amides is 1. The van der Waals surface area contributed by atoms with E-state index in [-0.39, 0.29) is 24.9 Å². The fourth-order valence-corrected chi connectivity index (χ4v) is 3.70. The maximum absolute atomic E-state index is 12.5. The highest BCUT2D eigenvalue weighted by Gasteiger charge is 2.33. The normalized spacial score (nSPS) is 25.7. The van der Waals surface area contributed by atoms with Crippen LogP contribution >= 0.6 is 0 Å². The number of carbonyl (C=O) groups is 2. The largest absolute Gasteiger partial charge is 0.480 e. The lowest BCUT2D eigenvalue weighted by molar-refractivity contribution is -0.148. The second kappa shape index (κ2) is 8.24. The van der Waals surface area contributed by atoms with Gasteiger partial charge in [-0.1, -0.05) is 0 Å². The Labute approximate surface area is 141 Å². The first kappa shape index (κ1) is 19.1. The average molecular weight is 364 g/mol. The van der Waals surface area contributed by atoms with Crippen molar-refractivity contribution < 1.29 is 32.6 Å². The third kappa shape index (κ3) is 5.40. The molecule has 10 heteroatoms. The summed E-state index contributed by atoms with van der Waals surface area (Å²) in [7, 11) is -3.67. The van der Waals surface area contributed by atoms with Gasteiger partial charge in [0, 0.05) is 26.2 Å². The van der Waals surface area contributed by atoms with Crippen molar-refractivity contribution in [3.63, 3.8) is 0 Å². The fraction of sp³-hybridized carbons (Fsp3) is 0.857. The minimum absolute atomic E-state index is 0.00728. The van der Waals surface area contributed by atoms with Crippen LogP contribution in [-0.2, 0) is 29.1 Å². The quantitative estimate of drug-likeness (QED) is 0.642. The summed E-state index contributed by atoms with van der Waals surface area (Å²) in [4.78, 5) is 25.0. The molecule has 138 valence electrons. The Balaban J connectivity index is 1.96. The van der Waals surface area contributed by atoms with Gasteiger partial charge in [0.15, 0.2) is 0 Å². The Bertz CT molecular complexity index is 559. The van der Waals surface area contributed by atoms with E-state index >= 15 is 0 Å². The molecule has 2 aliphatic heterocycles. The number of aliphatic carboxylic acids is 1. The molecule has 9 nitrogen and oxygen atoms in total. The van der Waals surface area contributed by atoms with Gasteiger partial charge in [0.1, 0.15) is 6.54 Å². The molecule has 0 aromatic heterocycles. The van der Waals surface area contributed by atoms with Gasteiger partial charge in [0.2, 0.25) is 15.9 Å². The molecule has 0 aromatic carbocycles. The minimum Gasteiger partial charge on any atom is -0.480 e. The molecule has 2 heterocycles. The van der Waals surface area contributed by atoms with Crippen LogP contribution in [0.2, 0.25) is 0 Å². The molecule has 1 amide bonds. The second-order valence-electron chi connectivity index (χ2n) is 6.14. The molecule has 24 heavy (non-hydrogen) atoms. The van der Waals surface area contributed by atoms with E-state index in [9.17, 15) is 18.0 Å². The number of nitrogens with zero attached hydrogens (tertiary/aromatic N) is 2. The van der Waals surface area contributed by atoms with Gasteiger partial charge in [-0.3, -0.25) is 9.59 Å². The van der Waals surface area contributed by atoms with Gasteiger partial charge in [-0.25, -0.2) is 8.42 Å². The van der Waals surface area contributed by atoms with Crippen molar-refractivity contribution in [2.45, 2.75) is 18.9 Å². The summed E-state index contributed by atoms with van der Waals surface area (Å²) in [6.45, 7) is 1.38. The van der Waals surface area contributed by atoms with Crippen LogP contribution in [0.5, 0.6) is 0 Å². The first-order valence-corrected chi connectivity index (χ1v) is 9.77. The first-order valence-electron chi connectivity index (χ1n) is 7.92. The van der Waals surface area contributed by atoms with Crippen molar-refractivity contribution in [1.29, 1.82) is 0 Å². The number of rotatable bonds is 6. The number of carbonyl (C=O) groups excluding carboxylic acids is 1. The summed E-state index contributed by atoms with van der Waals surface area (Å²) in [5.74, 6) is -1.40. The van der Waals surface area contributed by atoms with E-state index < -0.39 is 28.6 Å². The van der Waals surface area contributed by atoms with Crippen molar-refractivity contribution >= 4 is 21.9 Å². The van der Waals surface area contributed by atoms with Gasteiger partial charge in [-0.2, -0.15) is 4.31 Å². The Kier molecular flexibility index (Phi) is 6.55. The number of ether oxygens (including phenoxy) is 2. The van der Waals surface area contributed by atoms with E-state index in [0.717, 1.165) is 23.4 Å². The van der Waals surface area contributed by atoms with E-state index in [1.54, 1.807) is 4.90 Å². The SMILES string of the molecule is CS(=O)(=O)N(CC(=O)O)C[C@H]1CN(C(=O)[C@H]2CCCOC2)CCO1. The molecule has 1 N–H and O–H groups in total. The van der Waals surface area contributed by atoms with Crippen molar-refractivity contribution in [3.8, 4) is 0 Å². The number of carboxylic acid groups (broad SMARTS) is 1. The second-order valence-corrected chi connectivity index (χ2v) is 8.12. The molecule has 0 aromatic rings. The zero-order chi connectivity index (χ0) is 17.7. The lowest BCUT2D eigenvalue weighted by Gasteiger charge is -2.37. The standard InChI is InChI=1S/C14H24N2O7S/c1-24(20,21)16(9-13(17)18)8-12-7-15(4-6-23-12)14(19)11-3-2-5-22-10-11/h11-12H,2-10H2,1H3,(H,17,18)/t11-,12+/m0/s1. The van der Waals surface area contributed by atoms with E-state index in [1.807, 2.05) is 0 Å². The summed E-state index contributed by atoms with van der Waals surface area (Å²) >= 11 is 0. The monoisotopic (exact) mass is 364 g/mol. The molecule has 0 spiro atoms. The molecule has 2 rings (SSSR count). The zero-order valence-corrected chi connectivity index (χ0v) is 14.5. The molecule has 0 aliphatic carbocycles. The number of carboxylic acids is 1. The van der Waals surface area contributed by atoms with Crippen LogP contribution in [0.3, 0.4) is 0 Å². The number of sulfonamides is 1. The fourth-order valence-electron chi connectivity index (χ4n) is 2.92. The van der Waals surface area contributed by atoms with Crippen molar-refractivity contribution in [1.82, 2.24) is 9.21 Å². The Hall–Kier alpha value is -1.23. The topological polar surface area (TPSA) is 113 Å². The molecule has 0 radical (unpaired) electrons. The molecule has 2 fully saturated rings. The molecular weight excluding hydrogens is 340 g/mol. The maximum atomic E-state index is 12.5. The van der Waals surface area contributed by atoms with Crippen LogP contribution in [0.25, 0.3) is 0 Å². The molecule has 0 bridgehead atoms. The van der Waals surface area contributed by atoms with Crippen LogP contribution in [0.1, 0.15) is 12.8 Å². The summed E-state index contributed by atoms with van der Waals surface area (Å²) in [6.07, 6.45) is 2.06. The Morgan fingerprint density at radius 3 is 2.67 bits per heavy atom. The zero-order valence-electron chi connectivity index (χ0n) is 13.7. The summed E-state index contributed by atoms with van der Waals surface area (Å²) in [5, 5.41) is 8.86. The van der Waals surface area contributed by atoms with Gasteiger partial charge in [0.25, 0.3) is 0 Å². The maximum Gasteiger partial charge on any atom is 0.318 e. The Morgan fingerprint density at radius 1 is 1.33 bits per heavy atom. The third-order valence-corrected chi connectivity index (χ3v) is 5.36. The van der Waals surface area contributed by atoms with Crippen LogP contribution in [0.15, 0.2) is 0 Å². The van der Waals surface area contributed by atoms with Crippen molar-refractivity contribution in [2.75, 3.05) is 52.3 Å². The highest BCUT2D eigenvalue weighted by atomic mass is 32.2. The smallest absolute Gasteiger partial charge is 0.318 e. The lowest BCUT2D eigenvalue weighted by atomic mass is 10.0. The molecule has 2 saturated heterocycles. The van der Waals surface area contributed by atoms with Crippen LogP contribution < -0.4 is 0 Å². The van der Waals surface area contributed by atoms with Crippen molar-refractivity contribution in [3.05, 3.63) is 0 Å². The number of hydrogen-bond donors (Lipinski definition) is 1. The van der Waals surface area contributed by atoms with E-state index in [2.05, 4.69) is 0 Å². The molecule has 0 saturated carbocycles. The first-order chi connectivity index (χ1) is 11.3. The molecule has 2 aliphatic rings. The van der Waals surface area contributed by atoms with E-state index in [4.69, 9.17) is 14.6 Å². The predicted molar refractivity (Wildman–Crippen MR) is 83.9 cm³/mol. The van der Waals surface area contributed by atoms with Crippen LogP contribution in [0.4, 0.5) is 0 Å². The minimum atomic E-state index is -3.67. The number of hydrogen-bond acceptors (Lipinski definition) is 6. The predicted octanol–water partition coefficient (Wildman–Crippen LogP) is -1.01. The lowest BCUT2D eigenvalue weighted by Crippen LogP contribution is -2.53. The summed E-state index contributed by atoms with van der Waals surface area (Å²) in [6, 6.07) is 0. The summed E-state index contributed by atoms with van der Waals surface area (Å²) < 4.78 is 35.2. The van der Waals surface area contributed by atoms with Gasteiger partial charge in [0.05, 0.1) is 31.5 Å². The van der Waals surface area contributed by atoms with Gasteiger partial charge in [-0.15, -0.1) is 0 Å². The molecule has 0 unspecified atom stereocenters. The Morgan fingerprint density at radius 2 is 2.08 bits per heavy atom. The van der Waals surface area contributed by atoms with Crippen LogP contribution in [0, 0.1) is 5.92 Å². The molecular formula is C14H24N2O7S. The van der Waals surface area contributed by atoms with Gasteiger partial charge >= 0.3 is 5.97 Å². The average Bonchev–Trinajstić information content (AvgIpc) is 2.53.